The molecule has 0 aromatic heterocycles. The summed E-state index contributed by atoms with van der Waals surface area (Å²) in [5.74, 6) is -0.491. The fourth-order valence-electron chi connectivity index (χ4n) is 0.151. The molecule has 1 radical (unpaired) electrons. The number of aldehydes is 1. The molecule has 45 valence electrons. The maximum absolute atomic E-state index is 9.96. The van der Waals surface area contributed by atoms with Crippen molar-refractivity contribution in [2.45, 2.75) is 6.42 Å². The minimum Gasteiger partial charge on any atom is -0.469 e. The average molecular weight is 153 g/mol. The van der Waals surface area contributed by atoms with Gasteiger partial charge in [-0.1, -0.05) is 0 Å². The summed E-state index contributed by atoms with van der Waals surface area (Å²) in [5.41, 5.74) is 0. The van der Waals surface area contributed by atoms with Gasteiger partial charge in [0.25, 0.3) is 0 Å². The topological polar surface area (TPSA) is 43.4 Å². The second-order valence-electron chi connectivity index (χ2n) is 0.947. The van der Waals surface area contributed by atoms with Gasteiger partial charge in [0.15, 0.2) is 0 Å². The smallest absolute Gasteiger partial charge is 0.312 e. The molecular formula is C4H6O3V. The van der Waals surface area contributed by atoms with Gasteiger partial charge in [-0.2, -0.15) is 0 Å². The monoisotopic (exact) mass is 153 g/mol. The first kappa shape index (κ1) is 10.7. The minimum absolute atomic E-state index is 0. The van der Waals surface area contributed by atoms with Crippen molar-refractivity contribution >= 4 is 12.3 Å². The van der Waals surface area contributed by atoms with Crippen LogP contribution in [-0.2, 0) is 32.9 Å². The van der Waals surface area contributed by atoms with E-state index in [0.717, 1.165) is 0 Å². The molecule has 0 unspecified atom stereocenters. The van der Waals surface area contributed by atoms with E-state index in [1.807, 2.05) is 0 Å². The first-order chi connectivity index (χ1) is 3.31. The van der Waals surface area contributed by atoms with E-state index in [0.29, 0.717) is 6.29 Å². The van der Waals surface area contributed by atoms with Crippen molar-refractivity contribution < 1.29 is 32.9 Å². The van der Waals surface area contributed by atoms with Gasteiger partial charge in [0.2, 0.25) is 0 Å². The van der Waals surface area contributed by atoms with Gasteiger partial charge >= 0.3 is 5.97 Å². The summed E-state index contributed by atoms with van der Waals surface area (Å²) < 4.78 is 4.12. The van der Waals surface area contributed by atoms with E-state index < -0.39 is 5.97 Å². The van der Waals surface area contributed by atoms with Crippen LogP contribution in [-0.4, -0.2) is 19.4 Å². The summed E-state index contributed by atoms with van der Waals surface area (Å²) in [6.45, 7) is 0. The number of carbonyl (C=O) groups is 2. The largest absolute Gasteiger partial charge is 0.469 e. The van der Waals surface area contributed by atoms with E-state index in [9.17, 15) is 9.59 Å². The van der Waals surface area contributed by atoms with Crippen LogP contribution in [0.3, 0.4) is 0 Å². The van der Waals surface area contributed by atoms with Gasteiger partial charge in [-0.3, -0.25) is 4.79 Å². The van der Waals surface area contributed by atoms with Gasteiger partial charge in [-0.05, 0) is 0 Å². The van der Waals surface area contributed by atoms with Gasteiger partial charge in [-0.25, -0.2) is 0 Å². The zero-order valence-corrected chi connectivity index (χ0v) is 5.85. The molecule has 0 aromatic carbocycles. The fraction of sp³-hybridized carbons (Fsp3) is 0.500. The molecule has 0 aliphatic rings. The van der Waals surface area contributed by atoms with Crippen LogP contribution >= 0.6 is 0 Å². The number of hydrogen-bond acceptors (Lipinski definition) is 3. The van der Waals surface area contributed by atoms with Crippen LogP contribution in [0, 0.1) is 0 Å². The number of carbonyl (C=O) groups excluding carboxylic acids is 2. The molecule has 0 heterocycles. The maximum Gasteiger partial charge on any atom is 0.312 e. The molecule has 0 spiro atoms. The van der Waals surface area contributed by atoms with Crippen LogP contribution in [0.25, 0.3) is 0 Å². The molecule has 0 aliphatic heterocycles. The molecule has 0 bridgehead atoms. The molecule has 0 aromatic rings. The Balaban J connectivity index is 0. The Morgan fingerprint density at radius 1 is 1.75 bits per heavy atom. The second-order valence-corrected chi connectivity index (χ2v) is 0.947. The molecule has 0 saturated carbocycles. The van der Waals surface area contributed by atoms with E-state index in [-0.39, 0.29) is 25.0 Å². The number of methoxy groups -OCH3 is 1. The van der Waals surface area contributed by atoms with Crippen molar-refractivity contribution in [1.29, 1.82) is 0 Å². The van der Waals surface area contributed by atoms with Crippen molar-refractivity contribution in [2.24, 2.45) is 0 Å². The van der Waals surface area contributed by atoms with Crippen LogP contribution in [0.15, 0.2) is 0 Å². The van der Waals surface area contributed by atoms with Gasteiger partial charge in [-0.15, -0.1) is 0 Å². The molecule has 4 heteroatoms. The van der Waals surface area contributed by atoms with Crippen LogP contribution in [0.4, 0.5) is 0 Å². The number of ether oxygens (including phenoxy) is 1. The van der Waals surface area contributed by atoms with Crippen molar-refractivity contribution in [1.82, 2.24) is 0 Å². The third kappa shape index (κ3) is 5.72. The first-order valence-electron chi connectivity index (χ1n) is 1.81. The Kier molecular flexibility index (Phi) is 8.96. The predicted molar refractivity (Wildman–Crippen MR) is 22.7 cm³/mol. The van der Waals surface area contributed by atoms with Gasteiger partial charge in [0, 0.05) is 18.6 Å². The predicted octanol–water partition coefficient (Wildman–Crippen LogP) is -0.254. The van der Waals surface area contributed by atoms with E-state index in [2.05, 4.69) is 4.74 Å². The Labute approximate surface area is 59.3 Å². The summed E-state index contributed by atoms with van der Waals surface area (Å²) in [4.78, 5) is 19.4. The third-order valence-electron chi connectivity index (χ3n) is 0.478. The van der Waals surface area contributed by atoms with Crippen LogP contribution in [0.5, 0.6) is 0 Å². The van der Waals surface area contributed by atoms with Gasteiger partial charge in [0.1, 0.15) is 12.7 Å². The van der Waals surface area contributed by atoms with Crippen LogP contribution < -0.4 is 0 Å². The molecule has 0 saturated heterocycles. The molecule has 0 aliphatic carbocycles. The minimum atomic E-state index is -0.491. The molecule has 8 heavy (non-hydrogen) atoms. The maximum atomic E-state index is 9.96. The van der Waals surface area contributed by atoms with E-state index in [1.54, 1.807) is 0 Å². The van der Waals surface area contributed by atoms with Crippen molar-refractivity contribution in [3.63, 3.8) is 0 Å². The summed E-state index contributed by atoms with van der Waals surface area (Å²) in [7, 11) is 1.24. The quantitative estimate of drug-likeness (QED) is 0.312. The number of hydrogen-bond donors (Lipinski definition) is 0. The van der Waals surface area contributed by atoms with Crippen molar-refractivity contribution in [3.05, 3.63) is 0 Å². The first-order valence-corrected chi connectivity index (χ1v) is 1.81. The Bertz CT molecular complexity index is 81.4. The van der Waals surface area contributed by atoms with Crippen LogP contribution in [0.2, 0.25) is 0 Å². The summed E-state index contributed by atoms with van der Waals surface area (Å²) >= 11 is 0. The molecule has 0 N–H and O–H groups in total. The fourth-order valence-corrected chi connectivity index (χ4v) is 0.151. The Hall–Kier alpha value is -0.276. The number of esters is 1. The molecular weight excluding hydrogens is 147 g/mol. The van der Waals surface area contributed by atoms with Crippen molar-refractivity contribution in [2.75, 3.05) is 7.11 Å². The van der Waals surface area contributed by atoms with Gasteiger partial charge in [0.05, 0.1) is 7.11 Å². The Morgan fingerprint density at radius 3 is 2.38 bits per heavy atom. The van der Waals surface area contributed by atoms with Gasteiger partial charge < -0.3 is 9.53 Å². The second kappa shape index (κ2) is 6.72. The normalized spacial score (nSPS) is 6.62. The zero-order chi connectivity index (χ0) is 5.70. The van der Waals surface area contributed by atoms with E-state index in [1.165, 1.54) is 7.11 Å². The Morgan fingerprint density at radius 2 is 2.25 bits per heavy atom. The summed E-state index contributed by atoms with van der Waals surface area (Å²) in [6.07, 6.45) is 0.363. The molecule has 0 atom stereocenters. The van der Waals surface area contributed by atoms with E-state index in [4.69, 9.17) is 0 Å². The molecule has 0 amide bonds. The average Bonchev–Trinajstić information content (AvgIpc) is 1.68. The van der Waals surface area contributed by atoms with E-state index >= 15 is 0 Å². The molecule has 0 rings (SSSR count). The standard InChI is InChI=1S/C4H6O3.V/c1-7-4(6)2-3-5;/h3H,2H2,1H3;. The zero-order valence-electron chi connectivity index (χ0n) is 4.46. The van der Waals surface area contributed by atoms with Crippen molar-refractivity contribution in [3.8, 4) is 0 Å². The molecule has 0 fully saturated rings. The number of rotatable bonds is 2. The third-order valence-corrected chi connectivity index (χ3v) is 0.478. The SMILES string of the molecule is COC(=O)CC=O.[V]. The molecule has 3 nitrogen and oxygen atoms in total. The summed E-state index contributed by atoms with van der Waals surface area (Å²) in [5, 5.41) is 0. The summed E-state index contributed by atoms with van der Waals surface area (Å²) in [6, 6.07) is 0. The van der Waals surface area contributed by atoms with Crippen LogP contribution in [0.1, 0.15) is 6.42 Å².